The van der Waals surface area contributed by atoms with E-state index >= 15 is 0 Å². The number of fused-ring (bicyclic) bond motifs is 1. The van der Waals surface area contributed by atoms with Crippen molar-refractivity contribution in [3.8, 4) is 0 Å². The number of rotatable bonds is 6. The number of carbonyl (C=O) groups excluding carboxylic acids is 1. The summed E-state index contributed by atoms with van der Waals surface area (Å²) < 4.78 is 7.24. The number of hydrogen-bond donors (Lipinski definition) is 1. The van der Waals surface area contributed by atoms with Crippen LogP contribution in [0.5, 0.6) is 0 Å². The van der Waals surface area contributed by atoms with E-state index in [1.54, 1.807) is 6.07 Å². The highest BCUT2D eigenvalue weighted by Gasteiger charge is 2.28. The molecule has 0 atom stereocenters. The van der Waals surface area contributed by atoms with E-state index in [0.29, 0.717) is 30.8 Å². The number of piperidine rings is 1. The summed E-state index contributed by atoms with van der Waals surface area (Å²) in [5.74, 6) is 2.21. The van der Waals surface area contributed by atoms with Crippen LogP contribution < -0.4 is 5.32 Å². The number of amides is 1. The van der Waals surface area contributed by atoms with E-state index in [9.17, 15) is 4.79 Å². The molecule has 1 aliphatic heterocycles. The molecular formula is C22H28N6O2. The molecule has 3 aromatic heterocycles. The minimum atomic E-state index is -0.0842. The van der Waals surface area contributed by atoms with Gasteiger partial charge in [-0.3, -0.25) is 4.79 Å². The summed E-state index contributed by atoms with van der Waals surface area (Å²) >= 11 is 0. The van der Waals surface area contributed by atoms with Crippen molar-refractivity contribution in [3.05, 3.63) is 36.1 Å². The van der Waals surface area contributed by atoms with E-state index in [4.69, 9.17) is 9.51 Å². The Hall–Kier alpha value is -2.90. The predicted octanol–water partition coefficient (Wildman–Crippen LogP) is 3.84. The molecule has 0 aromatic carbocycles. The third-order valence-corrected chi connectivity index (χ3v) is 6.24. The van der Waals surface area contributed by atoms with Gasteiger partial charge >= 0.3 is 0 Å². The number of pyridine rings is 1. The van der Waals surface area contributed by atoms with Gasteiger partial charge in [-0.25, -0.2) is 9.97 Å². The van der Waals surface area contributed by atoms with Crippen LogP contribution in [-0.4, -0.2) is 50.1 Å². The van der Waals surface area contributed by atoms with Crippen molar-refractivity contribution in [3.63, 3.8) is 0 Å². The van der Waals surface area contributed by atoms with E-state index in [1.807, 2.05) is 11.2 Å². The Kier molecular flexibility index (Phi) is 4.92. The summed E-state index contributed by atoms with van der Waals surface area (Å²) in [6.07, 6.45) is 7.79. The van der Waals surface area contributed by atoms with Gasteiger partial charge in [0.15, 0.2) is 5.82 Å². The van der Waals surface area contributed by atoms with Gasteiger partial charge in [0.05, 0.1) is 18.0 Å². The summed E-state index contributed by atoms with van der Waals surface area (Å²) in [6, 6.07) is 4.15. The number of anilines is 1. The normalized spacial score (nSPS) is 17.8. The largest absolute Gasteiger partial charge is 0.368 e. The number of hydrogen-bond acceptors (Lipinski definition) is 6. The molecule has 158 valence electrons. The molecule has 1 aliphatic carbocycles. The van der Waals surface area contributed by atoms with Gasteiger partial charge in [-0.15, -0.1) is 0 Å². The molecule has 1 saturated heterocycles. The van der Waals surface area contributed by atoms with Crippen molar-refractivity contribution in [1.29, 1.82) is 0 Å². The number of aromatic nitrogens is 4. The fourth-order valence-corrected chi connectivity index (χ4v) is 4.22. The molecule has 2 aliphatic rings. The fourth-order valence-electron chi connectivity index (χ4n) is 4.22. The summed E-state index contributed by atoms with van der Waals surface area (Å²) in [4.78, 5) is 24.0. The highest BCUT2D eigenvalue weighted by atomic mass is 16.5. The van der Waals surface area contributed by atoms with Crippen molar-refractivity contribution >= 4 is 22.8 Å². The van der Waals surface area contributed by atoms with Crippen molar-refractivity contribution in [2.24, 2.45) is 5.92 Å². The van der Waals surface area contributed by atoms with E-state index in [0.717, 1.165) is 47.8 Å². The first-order valence-corrected chi connectivity index (χ1v) is 10.9. The summed E-state index contributed by atoms with van der Waals surface area (Å²) in [5.41, 5.74) is 3.18. The zero-order valence-corrected chi connectivity index (χ0v) is 17.5. The first-order valence-electron chi connectivity index (χ1n) is 10.9. The molecule has 0 radical (unpaired) electrons. The Bertz CT molecular complexity index is 1030. The molecule has 3 aromatic rings. The molecule has 2 fully saturated rings. The molecule has 30 heavy (non-hydrogen) atoms. The van der Waals surface area contributed by atoms with E-state index in [2.05, 4.69) is 39.9 Å². The Morgan fingerprint density at radius 1 is 1.27 bits per heavy atom. The van der Waals surface area contributed by atoms with Crippen LogP contribution in [0.3, 0.4) is 0 Å². The third-order valence-electron chi connectivity index (χ3n) is 6.24. The van der Waals surface area contributed by atoms with Crippen molar-refractivity contribution < 1.29 is 9.32 Å². The SMILES string of the molecule is CC(C)n1cnc2c(NCC3CC3)nc(C3CCN(C(=O)c4ccno4)CC3)cc21. The van der Waals surface area contributed by atoms with Gasteiger partial charge in [0.1, 0.15) is 5.52 Å². The van der Waals surface area contributed by atoms with E-state index in [-0.39, 0.29) is 5.91 Å². The maximum absolute atomic E-state index is 12.5. The van der Waals surface area contributed by atoms with Crippen LogP contribution in [0.15, 0.2) is 29.2 Å². The van der Waals surface area contributed by atoms with Gasteiger partial charge < -0.3 is 19.3 Å². The molecule has 0 bridgehead atoms. The lowest BCUT2D eigenvalue weighted by atomic mass is 9.92. The van der Waals surface area contributed by atoms with Gasteiger partial charge in [0.2, 0.25) is 5.76 Å². The highest BCUT2D eigenvalue weighted by molar-refractivity contribution is 5.91. The minimum absolute atomic E-state index is 0.0842. The van der Waals surface area contributed by atoms with Gasteiger partial charge in [0.25, 0.3) is 5.91 Å². The molecule has 1 amide bonds. The smallest absolute Gasteiger partial charge is 0.292 e. The monoisotopic (exact) mass is 408 g/mol. The second kappa shape index (κ2) is 7.74. The van der Waals surface area contributed by atoms with Gasteiger partial charge in [0, 0.05) is 43.4 Å². The first-order chi connectivity index (χ1) is 14.6. The maximum Gasteiger partial charge on any atom is 0.292 e. The Morgan fingerprint density at radius 3 is 2.73 bits per heavy atom. The number of nitrogens with one attached hydrogen (secondary N) is 1. The van der Waals surface area contributed by atoms with Crippen LogP contribution in [0.25, 0.3) is 11.0 Å². The number of nitrogens with zero attached hydrogens (tertiary/aromatic N) is 5. The second-order valence-electron chi connectivity index (χ2n) is 8.78. The van der Waals surface area contributed by atoms with Crippen LogP contribution in [0.2, 0.25) is 0 Å². The molecule has 8 heteroatoms. The summed E-state index contributed by atoms with van der Waals surface area (Å²) in [6.45, 7) is 6.69. The molecule has 4 heterocycles. The van der Waals surface area contributed by atoms with Gasteiger partial charge in [-0.05, 0) is 51.5 Å². The molecule has 8 nitrogen and oxygen atoms in total. The van der Waals surface area contributed by atoms with E-state index in [1.165, 1.54) is 19.0 Å². The van der Waals surface area contributed by atoms with Crippen LogP contribution in [0, 0.1) is 5.92 Å². The number of imidazole rings is 1. The number of carbonyl (C=O) groups is 1. The van der Waals surface area contributed by atoms with Crippen LogP contribution in [-0.2, 0) is 0 Å². The lowest BCUT2D eigenvalue weighted by Crippen LogP contribution is -2.37. The topological polar surface area (TPSA) is 89.1 Å². The Labute approximate surface area is 175 Å². The molecule has 1 saturated carbocycles. The summed E-state index contributed by atoms with van der Waals surface area (Å²) in [5, 5.41) is 7.20. The third kappa shape index (κ3) is 3.66. The minimum Gasteiger partial charge on any atom is -0.368 e. The van der Waals surface area contributed by atoms with Gasteiger partial charge in [-0.2, -0.15) is 0 Å². The quantitative estimate of drug-likeness (QED) is 0.667. The highest BCUT2D eigenvalue weighted by Crippen LogP contribution is 2.34. The second-order valence-corrected chi connectivity index (χ2v) is 8.78. The molecule has 0 unspecified atom stereocenters. The average molecular weight is 409 g/mol. The lowest BCUT2D eigenvalue weighted by Gasteiger charge is -2.31. The van der Waals surface area contributed by atoms with Crippen LogP contribution in [0.1, 0.15) is 67.7 Å². The fraction of sp³-hybridized carbons (Fsp3) is 0.545. The average Bonchev–Trinajstić information content (AvgIpc) is 3.24. The molecule has 5 rings (SSSR count). The zero-order valence-electron chi connectivity index (χ0n) is 17.5. The Balaban J connectivity index is 1.38. The van der Waals surface area contributed by atoms with Crippen LogP contribution in [0.4, 0.5) is 5.82 Å². The van der Waals surface area contributed by atoms with E-state index < -0.39 is 0 Å². The summed E-state index contributed by atoms with van der Waals surface area (Å²) in [7, 11) is 0. The lowest BCUT2D eigenvalue weighted by molar-refractivity contribution is 0.0670. The van der Waals surface area contributed by atoms with Crippen LogP contribution >= 0.6 is 0 Å². The standard InChI is InChI=1S/C22H28N6O2/c1-14(2)28-13-24-20-18(28)11-17(26-21(20)23-12-15-3-4-15)16-6-9-27(10-7-16)22(29)19-5-8-25-30-19/h5,8,11,13-16H,3-4,6-7,9-10,12H2,1-2H3,(H,23,26). The first kappa shape index (κ1) is 19.1. The predicted molar refractivity (Wildman–Crippen MR) is 114 cm³/mol. The van der Waals surface area contributed by atoms with Crippen molar-refractivity contribution in [2.75, 3.05) is 25.0 Å². The number of likely N-dealkylation sites (tertiary alicyclic amines) is 1. The maximum atomic E-state index is 12.5. The molecular weight excluding hydrogens is 380 g/mol. The molecule has 1 N–H and O–H groups in total. The van der Waals surface area contributed by atoms with Crippen molar-refractivity contribution in [1.82, 2.24) is 24.6 Å². The van der Waals surface area contributed by atoms with Crippen molar-refractivity contribution in [2.45, 2.75) is 51.5 Å². The van der Waals surface area contributed by atoms with Gasteiger partial charge in [-0.1, -0.05) is 5.16 Å². The zero-order chi connectivity index (χ0) is 20.7. The Morgan fingerprint density at radius 2 is 2.07 bits per heavy atom. The molecule has 0 spiro atoms.